The number of benzene rings is 1. The maximum Gasteiger partial charge on any atom is 0.292 e. The minimum absolute atomic E-state index is 0.0297. The molecule has 0 atom stereocenters. The van der Waals surface area contributed by atoms with E-state index in [1.54, 1.807) is 6.07 Å². The molecule has 2 aromatic rings. The highest BCUT2D eigenvalue weighted by atomic mass is 35.5. The van der Waals surface area contributed by atoms with Crippen LogP contribution in [-0.2, 0) is 6.54 Å². The van der Waals surface area contributed by atoms with Gasteiger partial charge in [0, 0.05) is 17.2 Å². The molecule has 6 nitrogen and oxygen atoms in total. The summed E-state index contributed by atoms with van der Waals surface area (Å²) in [6.45, 7) is 0.331. The van der Waals surface area contributed by atoms with E-state index in [1.165, 1.54) is 24.5 Å². The standard InChI is InChI=1S/C10H8ClN3O3/c11-7-1-2-10(14(15)16)9(5-7)12-6-8-3-4-17-13-8/h1-5,12H,6H2. The molecule has 0 amide bonds. The summed E-state index contributed by atoms with van der Waals surface area (Å²) in [6, 6.07) is 6.00. The van der Waals surface area contributed by atoms with Crippen molar-refractivity contribution in [3.05, 3.63) is 51.4 Å². The summed E-state index contributed by atoms with van der Waals surface area (Å²) in [5.41, 5.74) is 0.975. The Labute approximate surface area is 101 Å². The van der Waals surface area contributed by atoms with E-state index in [9.17, 15) is 10.1 Å². The molecule has 0 unspecified atom stereocenters. The number of aromatic nitrogens is 1. The van der Waals surface area contributed by atoms with Gasteiger partial charge >= 0.3 is 0 Å². The van der Waals surface area contributed by atoms with Crippen LogP contribution in [-0.4, -0.2) is 10.1 Å². The normalized spacial score (nSPS) is 10.2. The molecular formula is C10H8ClN3O3. The van der Waals surface area contributed by atoms with Crippen molar-refractivity contribution in [3.63, 3.8) is 0 Å². The van der Waals surface area contributed by atoms with Gasteiger partial charge in [-0.15, -0.1) is 0 Å². The van der Waals surface area contributed by atoms with Gasteiger partial charge in [0.2, 0.25) is 0 Å². The Bertz CT molecular complexity index is 528. The number of halogens is 1. The smallest absolute Gasteiger partial charge is 0.292 e. The number of hydrogen-bond donors (Lipinski definition) is 1. The maximum atomic E-state index is 10.8. The van der Waals surface area contributed by atoms with Crippen LogP contribution in [0, 0.1) is 10.1 Å². The van der Waals surface area contributed by atoms with Gasteiger partial charge in [-0.25, -0.2) is 0 Å². The van der Waals surface area contributed by atoms with Crippen LogP contribution in [0.1, 0.15) is 5.69 Å². The molecule has 0 saturated carbocycles. The average molecular weight is 254 g/mol. The Morgan fingerprint density at radius 3 is 2.94 bits per heavy atom. The second-order valence-corrected chi connectivity index (χ2v) is 3.70. The molecule has 1 aromatic heterocycles. The molecule has 0 fully saturated rings. The SMILES string of the molecule is O=[N+]([O-])c1ccc(Cl)cc1NCc1ccon1. The van der Waals surface area contributed by atoms with Crippen LogP contribution in [0.15, 0.2) is 35.1 Å². The summed E-state index contributed by atoms with van der Waals surface area (Å²) in [5.74, 6) is 0. The van der Waals surface area contributed by atoms with Crippen LogP contribution in [0.4, 0.5) is 11.4 Å². The third kappa shape index (κ3) is 2.73. The van der Waals surface area contributed by atoms with Crippen LogP contribution < -0.4 is 5.32 Å². The summed E-state index contributed by atoms with van der Waals surface area (Å²) in [6.07, 6.45) is 1.43. The fraction of sp³-hybridized carbons (Fsp3) is 0.100. The summed E-state index contributed by atoms with van der Waals surface area (Å²) < 4.78 is 4.65. The molecule has 17 heavy (non-hydrogen) atoms. The molecule has 0 aliphatic carbocycles. The molecular weight excluding hydrogens is 246 g/mol. The van der Waals surface area contributed by atoms with Crippen molar-refractivity contribution in [1.82, 2.24) is 5.16 Å². The summed E-state index contributed by atoms with van der Waals surface area (Å²) in [7, 11) is 0. The van der Waals surface area contributed by atoms with E-state index in [-0.39, 0.29) is 5.69 Å². The van der Waals surface area contributed by atoms with Crippen molar-refractivity contribution in [2.24, 2.45) is 0 Å². The van der Waals surface area contributed by atoms with Gasteiger partial charge in [0.1, 0.15) is 17.6 Å². The van der Waals surface area contributed by atoms with Crippen molar-refractivity contribution in [1.29, 1.82) is 0 Å². The first kappa shape index (κ1) is 11.4. The molecule has 1 heterocycles. The van der Waals surface area contributed by atoms with E-state index < -0.39 is 4.92 Å². The predicted octanol–water partition coefficient (Wildman–Crippen LogP) is 2.85. The number of nitrogens with one attached hydrogen (secondary N) is 1. The number of nitrogens with zero attached hydrogens (tertiary/aromatic N) is 2. The largest absolute Gasteiger partial charge is 0.374 e. The zero-order valence-corrected chi connectivity index (χ0v) is 9.35. The summed E-state index contributed by atoms with van der Waals surface area (Å²) in [5, 5.41) is 17.8. The molecule has 0 spiro atoms. The van der Waals surface area contributed by atoms with Crippen LogP contribution in [0.3, 0.4) is 0 Å². The van der Waals surface area contributed by atoms with E-state index >= 15 is 0 Å². The molecule has 0 radical (unpaired) electrons. The third-order valence-corrected chi connectivity index (χ3v) is 2.34. The van der Waals surface area contributed by atoms with E-state index in [0.717, 1.165) is 0 Å². The van der Waals surface area contributed by atoms with Crippen LogP contribution in [0.25, 0.3) is 0 Å². The first-order valence-corrected chi connectivity index (χ1v) is 5.11. The lowest BCUT2D eigenvalue weighted by atomic mass is 10.2. The van der Waals surface area contributed by atoms with E-state index in [0.29, 0.717) is 22.9 Å². The van der Waals surface area contributed by atoms with Crippen molar-refractivity contribution in [2.45, 2.75) is 6.54 Å². The van der Waals surface area contributed by atoms with Crippen molar-refractivity contribution in [2.75, 3.05) is 5.32 Å². The number of rotatable bonds is 4. The lowest BCUT2D eigenvalue weighted by Crippen LogP contribution is -2.02. The lowest BCUT2D eigenvalue weighted by Gasteiger charge is -2.05. The second-order valence-electron chi connectivity index (χ2n) is 3.26. The summed E-state index contributed by atoms with van der Waals surface area (Å²) in [4.78, 5) is 10.3. The molecule has 0 bridgehead atoms. The monoisotopic (exact) mass is 253 g/mol. The number of nitro groups is 1. The average Bonchev–Trinajstić information content (AvgIpc) is 2.78. The third-order valence-electron chi connectivity index (χ3n) is 2.11. The topological polar surface area (TPSA) is 81.2 Å². The lowest BCUT2D eigenvalue weighted by molar-refractivity contribution is -0.384. The van der Waals surface area contributed by atoms with Gasteiger partial charge in [-0.3, -0.25) is 10.1 Å². The second kappa shape index (κ2) is 4.84. The zero-order chi connectivity index (χ0) is 12.3. The number of nitro benzene ring substituents is 1. The first-order valence-electron chi connectivity index (χ1n) is 4.74. The highest BCUT2D eigenvalue weighted by Gasteiger charge is 2.13. The summed E-state index contributed by atoms with van der Waals surface area (Å²) >= 11 is 5.79. The Balaban J connectivity index is 2.19. The highest BCUT2D eigenvalue weighted by molar-refractivity contribution is 6.31. The molecule has 2 rings (SSSR count). The molecule has 0 aliphatic heterocycles. The Morgan fingerprint density at radius 1 is 1.47 bits per heavy atom. The van der Waals surface area contributed by atoms with Gasteiger partial charge in [-0.05, 0) is 12.1 Å². The predicted molar refractivity (Wildman–Crippen MR) is 61.9 cm³/mol. The minimum atomic E-state index is -0.471. The molecule has 88 valence electrons. The van der Waals surface area contributed by atoms with Crippen LogP contribution in [0.5, 0.6) is 0 Å². The zero-order valence-electron chi connectivity index (χ0n) is 8.59. The molecule has 0 aliphatic rings. The first-order chi connectivity index (χ1) is 8.16. The molecule has 7 heteroatoms. The van der Waals surface area contributed by atoms with Gasteiger partial charge in [-0.1, -0.05) is 16.8 Å². The number of anilines is 1. The van der Waals surface area contributed by atoms with Crippen molar-refractivity contribution in [3.8, 4) is 0 Å². The fourth-order valence-electron chi connectivity index (χ4n) is 1.32. The molecule has 1 N–H and O–H groups in total. The van der Waals surface area contributed by atoms with E-state index in [4.69, 9.17) is 11.6 Å². The van der Waals surface area contributed by atoms with Gasteiger partial charge in [-0.2, -0.15) is 0 Å². The Morgan fingerprint density at radius 2 is 2.29 bits per heavy atom. The molecule has 0 saturated heterocycles. The van der Waals surface area contributed by atoms with E-state index in [1.807, 2.05) is 0 Å². The van der Waals surface area contributed by atoms with Gasteiger partial charge in [0.05, 0.1) is 11.5 Å². The minimum Gasteiger partial charge on any atom is -0.374 e. The van der Waals surface area contributed by atoms with Gasteiger partial charge < -0.3 is 9.84 Å². The van der Waals surface area contributed by atoms with Crippen LogP contribution in [0.2, 0.25) is 5.02 Å². The van der Waals surface area contributed by atoms with Crippen molar-refractivity contribution < 1.29 is 9.45 Å². The van der Waals surface area contributed by atoms with Gasteiger partial charge in [0.15, 0.2) is 0 Å². The number of hydrogen-bond acceptors (Lipinski definition) is 5. The maximum absolute atomic E-state index is 10.8. The Kier molecular flexibility index (Phi) is 3.24. The van der Waals surface area contributed by atoms with Gasteiger partial charge in [0.25, 0.3) is 5.69 Å². The fourth-order valence-corrected chi connectivity index (χ4v) is 1.50. The van der Waals surface area contributed by atoms with Crippen LogP contribution >= 0.6 is 11.6 Å². The quantitative estimate of drug-likeness (QED) is 0.669. The Hall–Kier alpha value is -2.08. The molecule has 1 aromatic carbocycles. The van der Waals surface area contributed by atoms with Crippen molar-refractivity contribution >= 4 is 23.0 Å². The highest BCUT2D eigenvalue weighted by Crippen LogP contribution is 2.27. The van der Waals surface area contributed by atoms with E-state index in [2.05, 4.69) is 15.0 Å².